The first kappa shape index (κ1) is 75.8. The van der Waals surface area contributed by atoms with Crippen LogP contribution in [0.5, 0.6) is 5.75 Å². The Hall–Kier alpha value is -9.45. The molecule has 2 heterocycles. The molecule has 0 aromatic heterocycles. The standard InChI is InChI=1S/C55H87N17O19/c1-28(2)23-36(69-49(86)39-9-5-21-71(39)51(88)33(15-17-42(77)78)64-41(76)25-63-45(82)32(7-3-19-61-54(57)58)65-44(81)31(56)26-73)46(83)68-37(24-29-11-13-30(75)14-12-29)47(84)66-34(16-18-43(79)80)52(89)72-22-6-10-40(72)50(87)70-38(27-74)48(85)67-35(53(90)91)8-4-20-62-55(59)60/h11-14,28,31-40,73-75H,3-10,15-27,56H2,1-2H3,(H,63,82)(H,64,76)(H,65,81)(H,66,84)(H,67,85)(H,68,83)(H,69,86)(H,70,87)(H,77,78)(H,79,80)(H,90,91)(H4,57,58,61)(H4,59,60,62)/t31-,32-,33-,34-,35-,36-,37-,38-,39-,40-/m0/s1. The number of aliphatic imine (C=N–C) groups is 2. The fraction of sp³-hybridized carbons (Fsp3) is 0.618. The van der Waals surface area contributed by atoms with E-state index in [9.17, 15) is 93.0 Å². The molecule has 36 nitrogen and oxygen atoms in total. The minimum absolute atomic E-state index is 0.00166. The number of phenolic OH excluding ortho intramolecular Hbond substituents is 1. The van der Waals surface area contributed by atoms with E-state index >= 15 is 0 Å². The van der Waals surface area contributed by atoms with Crippen molar-refractivity contribution in [1.82, 2.24) is 52.3 Å². The minimum atomic E-state index is -1.71. The average Bonchev–Trinajstić information content (AvgIpc) is 2.82. The molecule has 2 aliphatic rings. The first-order chi connectivity index (χ1) is 43.0. The summed E-state index contributed by atoms with van der Waals surface area (Å²) in [6, 6.07) is -9.37. The van der Waals surface area contributed by atoms with Crippen LogP contribution in [0.2, 0.25) is 0 Å². The van der Waals surface area contributed by atoms with Gasteiger partial charge in [0.15, 0.2) is 11.9 Å². The molecule has 3 rings (SSSR count). The molecule has 2 aliphatic heterocycles. The molecule has 506 valence electrons. The van der Waals surface area contributed by atoms with Gasteiger partial charge in [0, 0.05) is 45.4 Å². The van der Waals surface area contributed by atoms with Crippen LogP contribution in [-0.2, 0) is 68.7 Å². The zero-order valence-corrected chi connectivity index (χ0v) is 50.7. The van der Waals surface area contributed by atoms with Gasteiger partial charge in [-0.3, -0.25) is 67.5 Å². The van der Waals surface area contributed by atoms with Crippen molar-refractivity contribution in [2.75, 3.05) is 45.9 Å². The number of hydrogen-bond donors (Lipinski definition) is 19. The maximum absolute atomic E-state index is 14.6. The zero-order valence-electron chi connectivity index (χ0n) is 50.7. The smallest absolute Gasteiger partial charge is 0.326 e. The van der Waals surface area contributed by atoms with Crippen molar-refractivity contribution in [2.24, 2.45) is 44.6 Å². The number of aliphatic hydroxyl groups is 2. The summed E-state index contributed by atoms with van der Waals surface area (Å²) in [5, 5.41) is 77.9. The molecule has 10 amide bonds. The van der Waals surface area contributed by atoms with Crippen molar-refractivity contribution in [3.63, 3.8) is 0 Å². The summed E-state index contributed by atoms with van der Waals surface area (Å²) in [6.45, 7) is 0.812. The number of aromatic hydroxyl groups is 1. The molecule has 36 heteroatoms. The van der Waals surface area contributed by atoms with Gasteiger partial charge in [-0.25, -0.2) is 4.79 Å². The van der Waals surface area contributed by atoms with Crippen LogP contribution in [0.15, 0.2) is 34.3 Å². The highest BCUT2D eigenvalue weighted by Crippen LogP contribution is 2.23. The number of guanidine groups is 2. The Balaban J connectivity index is 1.86. The molecule has 0 bridgehead atoms. The maximum Gasteiger partial charge on any atom is 0.326 e. The van der Waals surface area contributed by atoms with Crippen molar-refractivity contribution < 1.29 is 93.0 Å². The van der Waals surface area contributed by atoms with Gasteiger partial charge < -0.3 is 112 Å². The number of carbonyl (C=O) groups excluding carboxylic acids is 10. The van der Waals surface area contributed by atoms with Gasteiger partial charge in [-0.1, -0.05) is 26.0 Å². The SMILES string of the molecule is CC(C)C[C@H](NC(=O)[C@@H]1CCCN1C(=O)[C@H](CCC(=O)O)NC(=O)CNC(=O)[C@H](CCCN=C(N)N)NC(=O)[C@@H](N)CO)C(=O)N[C@@H](Cc1ccc(O)cc1)C(=O)N[C@@H](CCC(=O)O)C(=O)N1CCC[C@H]1C(=O)N[C@@H](CO)C(=O)N[C@@H](CCCN=C(N)N)C(=O)O. The quantitative estimate of drug-likeness (QED) is 0.0165. The number of aliphatic hydroxyl groups excluding tert-OH is 2. The van der Waals surface area contributed by atoms with Gasteiger partial charge in [0.05, 0.1) is 19.8 Å². The molecule has 1 aromatic carbocycles. The second-order valence-electron chi connectivity index (χ2n) is 22.2. The Morgan fingerprint density at radius 3 is 1.47 bits per heavy atom. The van der Waals surface area contributed by atoms with E-state index in [2.05, 4.69) is 52.5 Å². The summed E-state index contributed by atoms with van der Waals surface area (Å²) in [7, 11) is 0. The number of amides is 10. The highest BCUT2D eigenvalue weighted by molar-refractivity contribution is 5.99. The largest absolute Gasteiger partial charge is 0.508 e. The molecule has 0 spiro atoms. The molecule has 24 N–H and O–H groups in total. The lowest BCUT2D eigenvalue weighted by Gasteiger charge is -2.31. The Labute approximate surface area is 523 Å². The number of hydrogen-bond acceptors (Lipinski definition) is 19. The van der Waals surface area contributed by atoms with E-state index in [-0.39, 0.29) is 114 Å². The minimum Gasteiger partial charge on any atom is -0.508 e. The number of nitrogens with one attached hydrogen (secondary N) is 8. The summed E-state index contributed by atoms with van der Waals surface area (Å²) in [6.07, 6.45) is -2.17. The van der Waals surface area contributed by atoms with Crippen molar-refractivity contribution in [3.05, 3.63) is 29.8 Å². The molecule has 0 unspecified atom stereocenters. The molecule has 2 fully saturated rings. The van der Waals surface area contributed by atoms with E-state index < -0.39 is 183 Å². The summed E-state index contributed by atoms with van der Waals surface area (Å²) >= 11 is 0. The Kier molecular flexibility index (Phi) is 31.8. The third-order valence-electron chi connectivity index (χ3n) is 14.5. The first-order valence-corrected chi connectivity index (χ1v) is 29.5. The lowest BCUT2D eigenvalue weighted by Crippen LogP contribution is -2.60. The number of benzene rings is 1. The van der Waals surface area contributed by atoms with E-state index in [0.717, 1.165) is 9.80 Å². The second kappa shape index (κ2) is 38.2. The number of nitrogens with two attached hydrogens (primary N) is 5. The van der Waals surface area contributed by atoms with Crippen molar-refractivity contribution in [1.29, 1.82) is 0 Å². The number of carboxylic acids is 3. The monoisotopic (exact) mass is 1290 g/mol. The number of nitrogens with zero attached hydrogens (tertiary/aromatic N) is 4. The lowest BCUT2D eigenvalue weighted by molar-refractivity contribution is -0.144. The molecule has 1 aromatic rings. The highest BCUT2D eigenvalue weighted by atomic mass is 16.4. The van der Waals surface area contributed by atoms with Crippen LogP contribution in [0.4, 0.5) is 0 Å². The van der Waals surface area contributed by atoms with Crippen LogP contribution in [0, 0.1) is 5.92 Å². The Morgan fingerprint density at radius 2 is 1.00 bits per heavy atom. The average molecular weight is 1290 g/mol. The zero-order chi connectivity index (χ0) is 68.1. The Morgan fingerprint density at radius 1 is 0.549 bits per heavy atom. The van der Waals surface area contributed by atoms with Crippen LogP contribution in [0.3, 0.4) is 0 Å². The molecular formula is C55H87N17O19. The predicted molar refractivity (Wildman–Crippen MR) is 321 cm³/mol. The molecule has 0 aliphatic carbocycles. The van der Waals surface area contributed by atoms with Crippen LogP contribution >= 0.6 is 0 Å². The number of carboxylic acid groups (broad SMARTS) is 3. The third kappa shape index (κ3) is 26.3. The van der Waals surface area contributed by atoms with Gasteiger partial charge >= 0.3 is 17.9 Å². The summed E-state index contributed by atoms with van der Waals surface area (Å²) < 4.78 is 0. The molecule has 0 radical (unpaired) electrons. The molecule has 0 saturated carbocycles. The van der Waals surface area contributed by atoms with Gasteiger partial charge in [-0.15, -0.1) is 0 Å². The van der Waals surface area contributed by atoms with E-state index in [4.69, 9.17) is 28.7 Å². The van der Waals surface area contributed by atoms with Gasteiger partial charge in [0.1, 0.15) is 66.2 Å². The van der Waals surface area contributed by atoms with Crippen LogP contribution in [0.1, 0.15) is 103 Å². The van der Waals surface area contributed by atoms with Crippen LogP contribution in [-0.4, -0.2) is 236 Å². The Bertz CT molecular complexity index is 2780. The molecule has 91 heavy (non-hydrogen) atoms. The molecule has 2 saturated heterocycles. The van der Waals surface area contributed by atoms with Gasteiger partial charge in [-0.2, -0.15) is 0 Å². The number of likely N-dealkylation sites (tertiary alicyclic amines) is 2. The summed E-state index contributed by atoms with van der Waals surface area (Å²) in [5.41, 5.74) is 27.3. The number of phenols is 1. The normalized spacial score (nSPS) is 17.0. The van der Waals surface area contributed by atoms with E-state index in [0.29, 0.717) is 5.56 Å². The van der Waals surface area contributed by atoms with Crippen molar-refractivity contribution in [3.8, 4) is 5.75 Å². The topological polar surface area (TPSA) is 601 Å². The van der Waals surface area contributed by atoms with Crippen LogP contribution in [0.25, 0.3) is 0 Å². The first-order valence-electron chi connectivity index (χ1n) is 29.5. The lowest BCUT2D eigenvalue weighted by atomic mass is 10.00. The van der Waals surface area contributed by atoms with E-state index in [1.54, 1.807) is 13.8 Å². The summed E-state index contributed by atoms with van der Waals surface area (Å²) in [5.74, 6) is -14.6. The summed E-state index contributed by atoms with van der Waals surface area (Å²) in [4.78, 5) is 184. The molecular weight excluding hydrogens is 1200 g/mol. The fourth-order valence-electron chi connectivity index (χ4n) is 9.81. The van der Waals surface area contributed by atoms with E-state index in [1.807, 2.05) is 0 Å². The van der Waals surface area contributed by atoms with Crippen molar-refractivity contribution >= 4 is 88.9 Å². The third-order valence-corrected chi connectivity index (χ3v) is 14.5. The number of rotatable bonds is 39. The molecule has 10 atom stereocenters. The number of carbonyl (C=O) groups is 13. The van der Waals surface area contributed by atoms with Gasteiger partial charge in [0.2, 0.25) is 59.1 Å². The maximum atomic E-state index is 14.6. The van der Waals surface area contributed by atoms with Crippen LogP contribution < -0.4 is 71.2 Å². The van der Waals surface area contributed by atoms with Crippen molar-refractivity contribution in [2.45, 2.75) is 164 Å². The highest BCUT2D eigenvalue weighted by Gasteiger charge is 2.42. The second-order valence-corrected chi connectivity index (χ2v) is 22.2. The van der Waals surface area contributed by atoms with E-state index in [1.165, 1.54) is 24.3 Å². The fourth-order valence-corrected chi connectivity index (χ4v) is 9.81. The van der Waals surface area contributed by atoms with Gasteiger partial charge in [-0.05, 0) is 94.2 Å². The van der Waals surface area contributed by atoms with Gasteiger partial charge in [0.25, 0.3) is 0 Å². The number of aliphatic carboxylic acids is 3. The predicted octanol–water partition coefficient (Wildman–Crippen LogP) is -7.29.